The first-order valence-electron chi connectivity index (χ1n) is 5.20. The molecule has 2 rings (SSSR count). The summed E-state index contributed by atoms with van der Waals surface area (Å²) in [6.07, 6.45) is 2.65. The summed E-state index contributed by atoms with van der Waals surface area (Å²) in [6, 6.07) is 8.60. The summed E-state index contributed by atoms with van der Waals surface area (Å²) in [4.78, 5) is 2.42. The van der Waals surface area contributed by atoms with Crippen LogP contribution in [0, 0.1) is 0 Å². The molecule has 0 N–H and O–H groups in total. The molecule has 1 unspecified atom stereocenters. The van der Waals surface area contributed by atoms with Gasteiger partial charge in [-0.2, -0.15) is 0 Å². The molecular formula is C12H16BrN. The number of piperidine rings is 1. The molecule has 0 aromatic heterocycles. The standard InChI is InChI=1S/C12H16BrN/c1-14-8-4-5-10(9-14)11-6-2-3-7-12(11)13/h2-3,6-7,10H,4-5,8-9H2,1H3. The molecule has 1 atom stereocenters. The highest BCUT2D eigenvalue weighted by Crippen LogP contribution is 2.31. The molecule has 2 heteroatoms. The molecule has 0 radical (unpaired) electrons. The van der Waals surface area contributed by atoms with E-state index in [1.807, 2.05) is 0 Å². The van der Waals surface area contributed by atoms with E-state index in [9.17, 15) is 0 Å². The number of rotatable bonds is 1. The van der Waals surface area contributed by atoms with Crippen molar-refractivity contribution < 1.29 is 0 Å². The first kappa shape index (κ1) is 10.2. The molecule has 1 saturated heterocycles. The predicted octanol–water partition coefficient (Wildman–Crippen LogP) is 3.26. The molecule has 1 fully saturated rings. The van der Waals surface area contributed by atoms with E-state index in [0.29, 0.717) is 5.92 Å². The fraction of sp³-hybridized carbons (Fsp3) is 0.500. The molecule has 1 nitrogen and oxygen atoms in total. The van der Waals surface area contributed by atoms with Crippen LogP contribution in [0.3, 0.4) is 0 Å². The van der Waals surface area contributed by atoms with Gasteiger partial charge in [-0.15, -0.1) is 0 Å². The Kier molecular flexibility index (Phi) is 3.24. The van der Waals surface area contributed by atoms with Gasteiger partial charge in [-0.3, -0.25) is 0 Å². The lowest BCUT2D eigenvalue weighted by atomic mass is 9.91. The summed E-state index contributed by atoms with van der Waals surface area (Å²) >= 11 is 3.63. The van der Waals surface area contributed by atoms with Gasteiger partial charge in [0, 0.05) is 11.0 Å². The lowest BCUT2D eigenvalue weighted by Gasteiger charge is -2.30. The van der Waals surface area contributed by atoms with Gasteiger partial charge in [0.25, 0.3) is 0 Å². The molecule has 1 aromatic carbocycles. The van der Waals surface area contributed by atoms with Gasteiger partial charge < -0.3 is 4.90 Å². The number of benzene rings is 1. The fourth-order valence-corrected chi connectivity index (χ4v) is 2.83. The highest BCUT2D eigenvalue weighted by molar-refractivity contribution is 9.10. The van der Waals surface area contributed by atoms with Crippen molar-refractivity contribution in [3.8, 4) is 0 Å². The minimum atomic E-state index is 0.712. The van der Waals surface area contributed by atoms with Crippen LogP contribution in [0.4, 0.5) is 0 Å². The number of nitrogens with zero attached hydrogens (tertiary/aromatic N) is 1. The zero-order valence-corrected chi connectivity index (χ0v) is 10.1. The topological polar surface area (TPSA) is 3.24 Å². The summed E-state index contributed by atoms with van der Waals surface area (Å²) in [7, 11) is 2.21. The quantitative estimate of drug-likeness (QED) is 0.743. The zero-order chi connectivity index (χ0) is 9.97. The highest BCUT2D eigenvalue weighted by Gasteiger charge is 2.19. The maximum absolute atomic E-state index is 3.63. The number of hydrogen-bond donors (Lipinski definition) is 0. The monoisotopic (exact) mass is 253 g/mol. The maximum Gasteiger partial charge on any atom is 0.0210 e. The second kappa shape index (κ2) is 4.45. The van der Waals surface area contributed by atoms with Gasteiger partial charge in [0.2, 0.25) is 0 Å². The summed E-state index contributed by atoms with van der Waals surface area (Å²) in [6.45, 7) is 2.45. The molecule has 0 saturated carbocycles. The van der Waals surface area contributed by atoms with Crippen molar-refractivity contribution in [1.29, 1.82) is 0 Å². The lowest BCUT2D eigenvalue weighted by molar-refractivity contribution is 0.250. The second-order valence-corrected chi connectivity index (χ2v) is 4.98. The second-order valence-electron chi connectivity index (χ2n) is 4.12. The third-order valence-electron chi connectivity index (χ3n) is 2.97. The lowest BCUT2D eigenvalue weighted by Crippen LogP contribution is -2.30. The van der Waals surface area contributed by atoms with E-state index in [1.165, 1.54) is 36.0 Å². The van der Waals surface area contributed by atoms with Gasteiger partial charge in [0.15, 0.2) is 0 Å². The van der Waals surface area contributed by atoms with Crippen LogP contribution in [0.1, 0.15) is 24.3 Å². The van der Waals surface area contributed by atoms with Crippen LogP contribution >= 0.6 is 15.9 Å². The molecule has 1 heterocycles. The van der Waals surface area contributed by atoms with Gasteiger partial charge in [-0.1, -0.05) is 34.1 Å². The summed E-state index contributed by atoms with van der Waals surface area (Å²) in [5.74, 6) is 0.712. The normalized spacial score (nSPS) is 23.7. The van der Waals surface area contributed by atoms with Crippen LogP contribution in [-0.2, 0) is 0 Å². The maximum atomic E-state index is 3.63. The average molecular weight is 254 g/mol. The minimum Gasteiger partial charge on any atom is -0.306 e. The van der Waals surface area contributed by atoms with Crippen LogP contribution in [0.25, 0.3) is 0 Å². The van der Waals surface area contributed by atoms with E-state index in [0.717, 1.165) is 0 Å². The fourth-order valence-electron chi connectivity index (χ4n) is 2.23. The van der Waals surface area contributed by atoms with Crippen LogP contribution < -0.4 is 0 Å². The van der Waals surface area contributed by atoms with Crippen LogP contribution in [0.2, 0.25) is 0 Å². The predicted molar refractivity (Wildman–Crippen MR) is 63.6 cm³/mol. The van der Waals surface area contributed by atoms with Gasteiger partial charge in [-0.25, -0.2) is 0 Å². The third kappa shape index (κ3) is 2.18. The molecular weight excluding hydrogens is 238 g/mol. The van der Waals surface area contributed by atoms with Crippen molar-refractivity contribution in [3.05, 3.63) is 34.3 Å². The molecule has 0 spiro atoms. The number of likely N-dealkylation sites (tertiary alicyclic amines) is 1. The molecule has 1 aromatic rings. The van der Waals surface area contributed by atoms with E-state index >= 15 is 0 Å². The first-order valence-corrected chi connectivity index (χ1v) is 5.99. The van der Waals surface area contributed by atoms with Crippen molar-refractivity contribution in [2.75, 3.05) is 20.1 Å². The van der Waals surface area contributed by atoms with Crippen molar-refractivity contribution in [1.82, 2.24) is 4.90 Å². The average Bonchev–Trinajstić information content (AvgIpc) is 2.18. The Hall–Kier alpha value is -0.340. The van der Waals surface area contributed by atoms with Crippen molar-refractivity contribution in [2.24, 2.45) is 0 Å². The van der Waals surface area contributed by atoms with Crippen molar-refractivity contribution >= 4 is 15.9 Å². The Morgan fingerprint density at radius 3 is 2.86 bits per heavy atom. The SMILES string of the molecule is CN1CCCC(c2ccccc2Br)C1. The van der Waals surface area contributed by atoms with E-state index in [1.54, 1.807) is 0 Å². The molecule has 1 aliphatic rings. The molecule has 14 heavy (non-hydrogen) atoms. The van der Waals surface area contributed by atoms with Crippen molar-refractivity contribution in [3.63, 3.8) is 0 Å². The number of hydrogen-bond acceptors (Lipinski definition) is 1. The van der Waals surface area contributed by atoms with E-state index in [4.69, 9.17) is 0 Å². The Morgan fingerprint density at radius 1 is 1.36 bits per heavy atom. The van der Waals surface area contributed by atoms with Crippen molar-refractivity contribution in [2.45, 2.75) is 18.8 Å². The number of halogens is 1. The van der Waals surface area contributed by atoms with E-state index < -0.39 is 0 Å². The van der Waals surface area contributed by atoms with Crippen LogP contribution in [0.5, 0.6) is 0 Å². The van der Waals surface area contributed by atoms with E-state index in [2.05, 4.69) is 52.1 Å². The van der Waals surface area contributed by atoms with Gasteiger partial charge in [0.05, 0.1) is 0 Å². The first-order chi connectivity index (χ1) is 6.77. The van der Waals surface area contributed by atoms with Gasteiger partial charge in [-0.05, 0) is 44.0 Å². The van der Waals surface area contributed by atoms with Crippen LogP contribution in [-0.4, -0.2) is 25.0 Å². The van der Waals surface area contributed by atoms with E-state index in [-0.39, 0.29) is 0 Å². The van der Waals surface area contributed by atoms with Crippen LogP contribution in [0.15, 0.2) is 28.7 Å². The summed E-state index contributed by atoms with van der Waals surface area (Å²) < 4.78 is 1.26. The Morgan fingerprint density at radius 2 is 2.14 bits per heavy atom. The van der Waals surface area contributed by atoms with Gasteiger partial charge >= 0.3 is 0 Å². The number of likely N-dealkylation sites (N-methyl/N-ethyl adjacent to an activating group) is 1. The highest BCUT2D eigenvalue weighted by atomic mass is 79.9. The Bertz CT molecular complexity index is 311. The smallest absolute Gasteiger partial charge is 0.0210 e. The summed E-state index contributed by atoms with van der Waals surface area (Å²) in [5, 5.41) is 0. The largest absolute Gasteiger partial charge is 0.306 e. The van der Waals surface area contributed by atoms with Gasteiger partial charge in [0.1, 0.15) is 0 Å². The minimum absolute atomic E-state index is 0.712. The Balaban J connectivity index is 2.18. The zero-order valence-electron chi connectivity index (χ0n) is 8.54. The Labute approximate surface area is 94.2 Å². The third-order valence-corrected chi connectivity index (χ3v) is 3.69. The molecule has 76 valence electrons. The molecule has 0 amide bonds. The molecule has 0 bridgehead atoms. The molecule has 0 aliphatic carbocycles. The summed E-state index contributed by atoms with van der Waals surface area (Å²) in [5.41, 5.74) is 1.47. The molecule has 1 aliphatic heterocycles.